The first-order chi connectivity index (χ1) is 8.79. The number of hydrogen-bond acceptors (Lipinski definition) is 3. The molecule has 0 aromatic heterocycles. The molecule has 4 nitrogen and oxygen atoms in total. The summed E-state index contributed by atoms with van der Waals surface area (Å²) >= 11 is 0. The van der Waals surface area contributed by atoms with Crippen LogP contribution in [0.4, 0.5) is 5.69 Å². The molecule has 0 saturated heterocycles. The number of carbonyl (C=O) groups excluding carboxylic acids is 1. The Balaban J connectivity index is 1.75. The van der Waals surface area contributed by atoms with Crippen molar-refractivity contribution in [1.82, 2.24) is 5.32 Å². The van der Waals surface area contributed by atoms with E-state index in [0.717, 1.165) is 18.5 Å². The second kappa shape index (κ2) is 6.40. The number of anilines is 1. The van der Waals surface area contributed by atoms with Crippen LogP contribution in [0.5, 0.6) is 0 Å². The molecule has 2 unspecified atom stereocenters. The predicted molar refractivity (Wildman–Crippen MR) is 73.3 cm³/mol. The van der Waals surface area contributed by atoms with Gasteiger partial charge in [-0.2, -0.15) is 0 Å². The molecule has 18 heavy (non-hydrogen) atoms. The van der Waals surface area contributed by atoms with Gasteiger partial charge in [-0.05, 0) is 37.4 Å². The van der Waals surface area contributed by atoms with Crippen LogP contribution in [0.2, 0.25) is 0 Å². The smallest absolute Gasteiger partial charge is 0.239 e. The highest BCUT2D eigenvalue weighted by Gasteiger charge is 2.26. The minimum atomic E-state index is 0.0456. The van der Waals surface area contributed by atoms with Crippen molar-refractivity contribution in [3.05, 3.63) is 30.3 Å². The van der Waals surface area contributed by atoms with Gasteiger partial charge in [0.25, 0.3) is 0 Å². The number of rotatable bonds is 5. The van der Waals surface area contributed by atoms with Gasteiger partial charge in [0.15, 0.2) is 0 Å². The van der Waals surface area contributed by atoms with Crippen molar-refractivity contribution in [1.29, 1.82) is 0 Å². The summed E-state index contributed by atoms with van der Waals surface area (Å²) in [4.78, 5) is 11.8. The van der Waals surface area contributed by atoms with Gasteiger partial charge in [-0.1, -0.05) is 24.6 Å². The van der Waals surface area contributed by atoms with Gasteiger partial charge in [0.05, 0.1) is 6.54 Å². The lowest BCUT2D eigenvalue weighted by Gasteiger charge is -2.19. The Kier molecular flexibility index (Phi) is 4.59. The second-order valence-electron chi connectivity index (χ2n) is 4.82. The molecule has 4 heteroatoms. The molecule has 1 amide bonds. The number of benzene rings is 1. The van der Waals surface area contributed by atoms with Gasteiger partial charge in [-0.25, -0.2) is 0 Å². The lowest BCUT2D eigenvalue weighted by molar-refractivity contribution is -0.120. The van der Waals surface area contributed by atoms with E-state index in [4.69, 9.17) is 5.73 Å². The summed E-state index contributed by atoms with van der Waals surface area (Å²) in [7, 11) is 0. The van der Waals surface area contributed by atoms with Crippen LogP contribution in [0.25, 0.3) is 0 Å². The first-order valence-electron chi connectivity index (χ1n) is 6.58. The van der Waals surface area contributed by atoms with Crippen molar-refractivity contribution >= 4 is 11.6 Å². The molecular formula is C14H21N3O. The Labute approximate surface area is 108 Å². The quantitative estimate of drug-likeness (QED) is 0.735. The van der Waals surface area contributed by atoms with E-state index in [2.05, 4.69) is 10.6 Å². The molecule has 98 valence electrons. The summed E-state index contributed by atoms with van der Waals surface area (Å²) in [6.45, 7) is 0.981. The van der Waals surface area contributed by atoms with Crippen LogP contribution in [-0.2, 0) is 4.79 Å². The van der Waals surface area contributed by atoms with Crippen LogP contribution in [0.3, 0.4) is 0 Å². The molecule has 0 bridgehead atoms. The number of nitrogens with one attached hydrogen (secondary N) is 2. The Morgan fingerprint density at radius 2 is 2.06 bits per heavy atom. The number of para-hydroxylation sites is 1. The van der Waals surface area contributed by atoms with Crippen molar-refractivity contribution in [3.8, 4) is 0 Å². The number of carbonyl (C=O) groups is 1. The summed E-state index contributed by atoms with van der Waals surface area (Å²) in [6, 6.07) is 10.0. The number of nitrogens with two attached hydrogens (primary N) is 1. The van der Waals surface area contributed by atoms with Crippen LogP contribution in [-0.4, -0.2) is 25.0 Å². The fraction of sp³-hybridized carbons (Fsp3) is 0.500. The monoisotopic (exact) mass is 247 g/mol. The van der Waals surface area contributed by atoms with Gasteiger partial charge in [-0.3, -0.25) is 4.79 Å². The molecule has 1 aliphatic rings. The van der Waals surface area contributed by atoms with Crippen molar-refractivity contribution in [2.45, 2.75) is 25.3 Å². The molecule has 0 radical (unpaired) electrons. The summed E-state index contributed by atoms with van der Waals surface area (Å²) in [5.74, 6) is 0.495. The zero-order chi connectivity index (χ0) is 12.8. The zero-order valence-electron chi connectivity index (χ0n) is 10.6. The lowest BCUT2D eigenvalue weighted by Crippen LogP contribution is -2.42. The fourth-order valence-corrected chi connectivity index (χ4v) is 2.51. The molecule has 1 aromatic rings. The lowest BCUT2D eigenvalue weighted by atomic mass is 10.0. The highest BCUT2D eigenvalue weighted by Crippen LogP contribution is 2.24. The molecule has 1 fully saturated rings. The summed E-state index contributed by atoms with van der Waals surface area (Å²) in [5, 5.41) is 6.18. The maximum absolute atomic E-state index is 11.8. The largest absolute Gasteiger partial charge is 0.376 e. The van der Waals surface area contributed by atoms with E-state index >= 15 is 0 Å². The first-order valence-corrected chi connectivity index (χ1v) is 6.58. The third kappa shape index (κ3) is 3.47. The van der Waals surface area contributed by atoms with Gasteiger partial charge in [0, 0.05) is 11.7 Å². The molecule has 2 rings (SSSR count). The molecule has 0 heterocycles. The predicted octanol–water partition coefficient (Wildman–Crippen LogP) is 1.34. The first kappa shape index (κ1) is 12.9. The normalized spacial score (nSPS) is 22.7. The van der Waals surface area contributed by atoms with Crippen LogP contribution >= 0.6 is 0 Å². The number of amides is 1. The van der Waals surface area contributed by atoms with Gasteiger partial charge in [0.1, 0.15) is 0 Å². The third-order valence-electron chi connectivity index (χ3n) is 3.54. The SMILES string of the molecule is NCC1CCCC1NC(=O)CNc1ccccc1. The summed E-state index contributed by atoms with van der Waals surface area (Å²) in [6.07, 6.45) is 3.35. The van der Waals surface area contributed by atoms with Gasteiger partial charge < -0.3 is 16.4 Å². The molecule has 0 aliphatic heterocycles. The third-order valence-corrected chi connectivity index (χ3v) is 3.54. The summed E-state index contributed by atoms with van der Waals surface area (Å²) < 4.78 is 0. The van der Waals surface area contributed by atoms with Gasteiger partial charge >= 0.3 is 0 Å². The van der Waals surface area contributed by atoms with Crippen LogP contribution < -0.4 is 16.4 Å². The van der Waals surface area contributed by atoms with Crippen molar-refractivity contribution in [3.63, 3.8) is 0 Å². The van der Waals surface area contributed by atoms with Crippen molar-refractivity contribution in [2.24, 2.45) is 11.7 Å². The maximum Gasteiger partial charge on any atom is 0.239 e. The van der Waals surface area contributed by atoms with Crippen molar-refractivity contribution in [2.75, 3.05) is 18.4 Å². The van der Waals surface area contributed by atoms with E-state index in [1.807, 2.05) is 30.3 Å². The van der Waals surface area contributed by atoms with E-state index in [0.29, 0.717) is 19.0 Å². The standard InChI is InChI=1S/C14H21N3O/c15-9-11-5-4-8-13(11)17-14(18)10-16-12-6-2-1-3-7-12/h1-3,6-7,11,13,16H,4-5,8-10,15H2,(H,17,18). The van der Waals surface area contributed by atoms with Crippen molar-refractivity contribution < 1.29 is 4.79 Å². The average Bonchev–Trinajstić information content (AvgIpc) is 2.85. The highest BCUT2D eigenvalue weighted by molar-refractivity contribution is 5.81. The van der Waals surface area contributed by atoms with Gasteiger partial charge in [-0.15, -0.1) is 0 Å². The van der Waals surface area contributed by atoms with Crippen LogP contribution in [0.1, 0.15) is 19.3 Å². The average molecular weight is 247 g/mol. The molecule has 4 N–H and O–H groups in total. The molecule has 0 spiro atoms. The zero-order valence-corrected chi connectivity index (χ0v) is 10.6. The minimum Gasteiger partial charge on any atom is -0.376 e. The Morgan fingerprint density at radius 1 is 1.28 bits per heavy atom. The maximum atomic E-state index is 11.8. The molecular weight excluding hydrogens is 226 g/mol. The Bertz CT molecular complexity index is 380. The Morgan fingerprint density at radius 3 is 2.78 bits per heavy atom. The van der Waals surface area contributed by atoms with E-state index in [9.17, 15) is 4.79 Å². The molecule has 1 aliphatic carbocycles. The van der Waals surface area contributed by atoms with Crippen LogP contribution in [0.15, 0.2) is 30.3 Å². The topological polar surface area (TPSA) is 67.1 Å². The van der Waals surface area contributed by atoms with Gasteiger partial charge in [0.2, 0.25) is 5.91 Å². The van der Waals surface area contributed by atoms with E-state index in [-0.39, 0.29) is 11.9 Å². The van der Waals surface area contributed by atoms with E-state index in [1.165, 1.54) is 6.42 Å². The summed E-state index contributed by atoms with van der Waals surface area (Å²) in [5.41, 5.74) is 6.67. The molecule has 2 atom stereocenters. The van der Waals surface area contributed by atoms with Crippen LogP contribution in [0, 0.1) is 5.92 Å². The fourth-order valence-electron chi connectivity index (χ4n) is 2.51. The van der Waals surface area contributed by atoms with E-state index < -0.39 is 0 Å². The number of hydrogen-bond donors (Lipinski definition) is 3. The molecule has 1 aromatic carbocycles. The minimum absolute atomic E-state index is 0.0456. The Hall–Kier alpha value is -1.55. The molecule has 1 saturated carbocycles. The van der Waals surface area contributed by atoms with E-state index in [1.54, 1.807) is 0 Å². The second-order valence-corrected chi connectivity index (χ2v) is 4.82. The highest BCUT2D eigenvalue weighted by atomic mass is 16.2.